The molecule has 2 unspecified atom stereocenters. The molecule has 2 rings (SSSR count). The molecule has 2 nitrogen and oxygen atoms in total. The van der Waals surface area contributed by atoms with E-state index >= 15 is 0 Å². The summed E-state index contributed by atoms with van der Waals surface area (Å²) in [5, 5.41) is 1.35. The third-order valence-electron chi connectivity index (χ3n) is 2.65. The second-order valence-electron chi connectivity index (χ2n) is 3.76. The zero-order chi connectivity index (χ0) is 12.8. The predicted octanol–water partition coefficient (Wildman–Crippen LogP) is 3.93. The van der Waals surface area contributed by atoms with E-state index in [0.29, 0.717) is 0 Å². The maximum absolute atomic E-state index is 3.42. The Labute approximate surface area is 109 Å². The number of nitrogens with one attached hydrogen (secondary N) is 1. The van der Waals surface area contributed by atoms with Crippen molar-refractivity contribution in [2.75, 3.05) is 6.54 Å². The summed E-state index contributed by atoms with van der Waals surface area (Å²) in [6, 6.07) is 8.48. The van der Waals surface area contributed by atoms with Crippen LogP contribution in [0.5, 0.6) is 0 Å². The lowest BCUT2D eigenvalue weighted by molar-refractivity contribution is 0.726. The van der Waals surface area contributed by atoms with E-state index in [1.165, 1.54) is 22.2 Å². The molecule has 0 aliphatic heterocycles. The fourth-order valence-corrected chi connectivity index (χ4v) is 2.16. The molecule has 0 radical (unpaired) electrons. The molecule has 0 amide bonds. The highest BCUT2D eigenvalue weighted by Crippen LogP contribution is 2.23. The van der Waals surface area contributed by atoms with Crippen molar-refractivity contribution >= 4 is 29.7 Å². The minimum Gasteiger partial charge on any atom is -0.358 e. The van der Waals surface area contributed by atoms with Gasteiger partial charge >= 0.3 is 0 Å². The van der Waals surface area contributed by atoms with Gasteiger partial charge in [0.2, 0.25) is 0 Å². The average Bonchev–Trinajstić information content (AvgIpc) is 2.65. The Kier molecular flexibility index (Phi) is 6.12. The first-order chi connectivity index (χ1) is 8.18. The smallest absolute Gasteiger partial charge is 0.0458 e. The predicted molar refractivity (Wildman–Crippen MR) is 84.2 cm³/mol. The molecular formula is C13H22N2P2. The van der Waals surface area contributed by atoms with Crippen LogP contribution in [0.15, 0.2) is 24.3 Å². The quantitative estimate of drug-likeness (QED) is 0.836. The summed E-state index contributed by atoms with van der Waals surface area (Å²) in [5.74, 6) is 0. The first-order valence-corrected chi connectivity index (χ1v) is 7.05. The largest absolute Gasteiger partial charge is 0.358 e. The van der Waals surface area contributed by atoms with Crippen molar-refractivity contribution < 1.29 is 0 Å². The van der Waals surface area contributed by atoms with Crippen molar-refractivity contribution in [2.45, 2.75) is 27.2 Å². The number of para-hydroxylation sites is 1. The number of rotatable bonds is 3. The summed E-state index contributed by atoms with van der Waals surface area (Å²) >= 11 is 0. The van der Waals surface area contributed by atoms with Crippen molar-refractivity contribution in [1.29, 1.82) is 0 Å². The van der Waals surface area contributed by atoms with Crippen LogP contribution in [0.4, 0.5) is 0 Å². The van der Waals surface area contributed by atoms with Gasteiger partial charge in [0.05, 0.1) is 0 Å². The minimum atomic E-state index is 1.03. The normalized spacial score (nSPS) is 10.5. The molecule has 1 aromatic carbocycles. The second-order valence-corrected chi connectivity index (χ2v) is 5.68. The lowest BCUT2D eigenvalue weighted by Gasteiger charge is -2.08. The van der Waals surface area contributed by atoms with Crippen LogP contribution in [-0.4, -0.2) is 16.0 Å². The van der Waals surface area contributed by atoms with E-state index in [0.717, 1.165) is 13.0 Å². The average molecular weight is 268 g/mol. The topological polar surface area (TPSA) is 19.0 Å². The first-order valence-electron chi connectivity index (χ1n) is 6.01. The van der Waals surface area contributed by atoms with Gasteiger partial charge in [-0.2, -0.15) is 0 Å². The molecule has 0 aliphatic carbocycles. The summed E-state index contributed by atoms with van der Waals surface area (Å²) in [6.07, 6.45) is 1.07. The molecule has 2 aromatic rings. The van der Waals surface area contributed by atoms with Gasteiger partial charge in [0.25, 0.3) is 0 Å². The molecule has 94 valence electrons. The minimum absolute atomic E-state index is 1.03. The zero-order valence-corrected chi connectivity index (χ0v) is 13.1. The number of fused-ring (bicyclic) bond motifs is 1. The molecule has 17 heavy (non-hydrogen) atoms. The zero-order valence-electron chi connectivity index (χ0n) is 10.8. The number of hydrogen-bond donors (Lipinski definition) is 1. The highest BCUT2D eigenvalue weighted by molar-refractivity contribution is 7.30. The van der Waals surface area contributed by atoms with E-state index in [4.69, 9.17) is 0 Å². The van der Waals surface area contributed by atoms with E-state index < -0.39 is 0 Å². The van der Waals surface area contributed by atoms with Crippen LogP contribution in [0.3, 0.4) is 0 Å². The Hall–Kier alpha value is -0.420. The van der Waals surface area contributed by atoms with Gasteiger partial charge in [-0.15, -0.1) is 0 Å². The second kappa shape index (κ2) is 7.11. The molecule has 0 fully saturated rings. The van der Waals surface area contributed by atoms with Crippen molar-refractivity contribution in [3.05, 3.63) is 35.5 Å². The molecule has 1 aromatic heterocycles. The number of nitrogens with zero attached hydrogens (tertiary/aromatic N) is 1. The van der Waals surface area contributed by atoms with Gasteiger partial charge in [-0.3, -0.25) is 4.44 Å². The lowest BCUT2D eigenvalue weighted by Crippen LogP contribution is -2.02. The van der Waals surface area contributed by atoms with Crippen molar-refractivity contribution in [2.24, 2.45) is 0 Å². The van der Waals surface area contributed by atoms with Gasteiger partial charge in [0.15, 0.2) is 0 Å². The van der Waals surface area contributed by atoms with E-state index in [-0.39, 0.29) is 0 Å². The number of H-pyrrole nitrogens is 1. The Balaban J connectivity index is 0.000000686. The number of aromatic nitrogens is 1. The van der Waals surface area contributed by atoms with Gasteiger partial charge in [-0.05, 0) is 25.0 Å². The lowest BCUT2D eigenvalue weighted by atomic mass is 10.1. The maximum Gasteiger partial charge on any atom is 0.0458 e. The third-order valence-corrected chi connectivity index (χ3v) is 3.16. The number of aromatic amines is 1. The monoisotopic (exact) mass is 268 g/mol. The Bertz CT molecular complexity index is 463. The highest BCUT2D eigenvalue weighted by atomic mass is 31.1. The number of hydrogen-bond acceptors (Lipinski definition) is 1. The molecule has 4 heteroatoms. The third kappa shape index (κ3) is 3.78. The summed E-state index contributed by atoms with van der Waals surface area (Å²) in [6.45, 7) is 7.17. The van der Waals surface area contributed by atoms with Crippen LogP contribution in [0.25, 0.3) is 10.9 Å². The van der Waals surface area contributed by atoms with Gasteiger partial charge in [0.1, 0.15) is 0 Å². The van der Waals surface area contributed by atoms with Crippen LogP contribution in [0, 0.1) is 6.92 Å². The molecule has 0 bridgehead atoms. The molecule has 0 saturated carbocycles. The van der Waals surface area contributed by atoms with Crippen LogP contribution >= 0.6 is 18.8 Å². The van der Waals surface area contributed by atoms with Crippen LogP contribution < -0.4 is 0 Å². The van der Waals surface area contributed by atoms with Crippen LogP contribution in [0.2, 0.25) is 0 Å². The van der Waals surface area contributed by atoms with E-state index in [1.54, 1.807) is 0 Å². The van der Waals surface area contributed by atoms with Gasteiger partial charge in [-0.1, -0.05) is 50.8 Å². The Morgan fingerprint density at radius 3 is 2.47 bits per heavy atom. The summed E-state index contributed by atoms with van der Waals surface area (Å²) in [5.41, 5.74) is 3.96. The summed E-state index contributed by atoms with van der Waals surface area (Å²) in [4.78, 5) is 3.42. The summed E-state index contributed by atoms with van der Waals surface area (Å²) < 4.78 is 2.06. The SMILES string of the molecule is CC.Cc1[nH]c2ccccc2c1CCN(P)P. The number of benzene rings is 1. The van der Waals surface area contributed by atoms with Crippen molar-refractivity contribution in [3.8, 4) is 0 Å². The molecular weight excluding hydrogens is 246 g/mol. The first kappa shape index (κ1) is 14.6. The van der Waals surface area contributed by atoms with Gasteiger partial charge < -0.3 is 4.98 Å². The van der Waals surface area contributed by atoms with E-state index in [2.05, 4.69) is 59.4 Å². The van der Waals surface area contributed by atoms with Crippen molar-refractivity contribution in [3.63, 3.8) is 0 Å². The Morgan fingerprint density at radius 1 is 1.18 bits per heavy atom. The highest BCUT2D eigenvalue weighted by Gasteiger charge is 2.07. The van der Waals surface area contributed by atoms with Gasteiger partial charge in [-0.25, -0.2) is 0 Å². The molecule has 0 aliphatic rings. The molecule has 1 heterocycles. The van der Waals surface area contributed by atoms with Crippen LogP contribution in [0.1, 0.15) is 25.1 Å². The molecule has 2 atom stereocenters. The van der Waals surface area contributed by atoms with Crippen molar-refractivity contribution in [1.82, 2.24) is 9.42 Å². The maximum atomic E-state index is 3.42. The molecule has 0 spiro atoms. The van der Waals surface area contributed by atoms with E-state index in [1.807, 2.05) is 13.8 Å². The standard InChI is InChI=1S/C11H16N2P2.C2H6/c1-8-9(6-7-13(14)15)10-4-2-3-5-11(10)12-8;1-2/h2-5,12H,6-7,14-15H2,1H3;1-2H3. The van der Waals surface area contributed by atoms with E-state index in [9.17, 15) is 0 Å². The fourth-order valence-electron chi connectivity index (χ4n) is 1.90. The fraction of sp³-hybridized carbons (Fsp3) is 0.385. The van der Waals surface area contributed by atoms with Gasteiger partial charge in [0, 0.05) is 23.1 Å². The van der Waals surface area contributed by atoms with Crippen LogP contribution in [-0.2, 0) is 6.42 Å². The molecule has 0 saturated heterocycles. The summed E-state index contributed by atoms with van der Waals surface area (Å²) in [7, 11) is 5.33. The number of aryl methyl sites for hydroxylation is 1. The molecule has 1 N–H and O–H groups in total. The Morgan fingerprint density at radius 2 is 1.82 bits per heavy atom.